The van der Waals surface area contributed by atoms with E-state index in [-0.39, 0.29) is 0 Å². The number of aromatic nitrogens is 2. The van der Waals surface area contributed by atoms with Crippen molar-refractivity contribution in [1.82, 2.24) is 9.97 Å². The lowest BCUT2D eigenvalue weighted by atomic mass is 10.8. The SMILES string of the molecule is Clc1ncc(Br)nc1Br. The smallest absolute Gasteiger partial charge is 0.161 e. The van der Waals surface area contributed by atoms with Gasteiger partial charge in [-0.2, -0.15) is 0 Å². The minimum Gasteiger partial charge on any atom is -0.239 e. The number of hydrogen-bond donors (Lipinski definition) is 0. The molecular formula is C4HBr2ClN2. The molecule has 0 atom stereocenters. The van der Waals surface area contributed by atoms with Crippen LogP contribution in [-0.2, 0) is 0 Å². The van der Waals surface area contributed by atoms with Gasteiger partial charge in [0.05, 0.1) is 6.20 Å². The Labute approximate surface area is 73.9 Å². The van der Waals surface area contributed by atoms with Crippen LogP contribution in [0.1, 0.15) is 0 Å². The Morgan fingerprint density at radius 3 is 2.56 bits per heavy atom. The van der Waals surface area contributed by atoms with Crippen molar-refractivity contribution < 1.29 is 0 Å². The van der Waals surface area contributed by atoms with E-state index in [2.05, 4.69) is 41.8 Å². The van der Waals surface area contributed by atoms with E-state index in [0.717, 1.165) is 0 Å². The average Bonchev–Trinajstić information content (AvgIpc) is 1.80. The van der Waals surface area contributed by atoms with Crippen molar-refractivity contribution in [3.63, 3.8) is 0 Å². The first kappa shape index (κ1) is 7.44. The van der Waals surface area contributed by atoms with E-state index in [0.29, 0.717) is 14.4 Å². The topological polar surface area (TPSA) is 25.8 Å². The van der Waals surface area contributed by atoms with Gasteiger partial charge in [0.25, 0.3) is 0 Å². The molecule has 48 valence electrons. The van der Waals surface area contributed by atoms with Gasteiger partial charge in [-0.05, 0) is 31.9 Å². The Balaban J connectivity index is 3.17. The molecule has 0 saturated heterocycles. The van der Waals surface area contributed by atoms with E-state index in [1.165, 1.54) is 6.20 Å². The molecule has 0 aromatic carbocycles. The molecule has 1 heterocycles. The summed E-state index contributed by atoms with van der Waals surface area (Å²) in [5.74, 6) is 0. The Morgan fingerprint density at radius 2 is 2.11 bits per heavy atom. The van der Waals surface area contributed by atoms with E-state index in [4.69, 9.17) is 11.6 Å². The van der Waals surface area contributed by atoms with Crippen molar-refractivity contribution in [3.05, 3.63) is 20.6 Å². The van der Waals surface area contributed by atoms with Crippen LogP contribution in [0, 0.1) is 0 Å². The lowest BCUT2D eigenvalue weighted by Gasteiger charge is -1.91. The zero-order valence-electron chi connectivity index (χ0n) is 4.11. The minimum absolute atomic E-state index is 0.373. The van der Waals surface area contributed by atoms with Crippen molar-refractivity contribution in [2.45, 2.75) is 0 Å². The summed E-state index contributed by atoms with van der Waals surface area (Å²) >= 11 is 11.8. The van der Waals surface area contributed by atoms with Gasteiger partial charge >= 0.3 is 0 Å². The first-order chi connectivity index (χ1) is 4.20. The second-order valence-electron chi connectivity index (χ2n) is 1.27. The minimum atomic E-state index is 0.373. The van der Waals surface area contributed by atoms with Crippen LogP contribution in [0.4, 0.5) is 0 Å². The van der Waals surface area contributed by atoms with Crippen LogP contribution in [0.25, 0.3) is 0 Å². The Hall–Kier alpha value is 0.330. The predicted molar refractivity (Wildman–Crippen MR) is 42.4 cm³/mol. The standard InChI is InChI=1S/C4HBr2ClN2/c5-2-1-8-4(7)3(6)9-2/h1H. The third-order valence-corrected chi connectivity index (χ3v) is 2.10. The van der Waals surface area contributed by atoms with Crippen LogP contribution >= 0.6 is 43.5 Å². The summed E-state index contributed by atoms with van der Waals surface area (Å²) in [5.41, 5.74) is 0. The Kier molecular flexibility index (Phi) is 2.43. The van der Waals surface area contributed by atoms with Crippen molar-refractivity contribution in [2.75, 3.05) is 0 Å². The summed E-state index contributed by atoms with van der Waals surface area (Å²) in [5, 5.41) is 0.373. The van der Waals surface area contributed by atoms with E-state index < -0.39 is 0 Å². The van der Waals surface area contributed by atoms with Gasteiger partial charge in [-0.3, -0.25) is 0 Å². The van der Waals surface area contributed by atoms with Gasteiger partial charge < -0.3 is 0 Å². The molecule has 0 unspecified atom stereocenters. The molecule has 0 bridgehead atoms. The third kappa shape index (κ3) is 1.88. The number of rotatable bonds is 0. The van der Waals surface area contributed by atoms with Gasteiger partial charge in [0.1, 0.15) is 9.21 Å². The van der Waals surface area contributed by atoms with Crippen LogP contribution in [0.5, 0.6) is 0 Å². The van der Waals surface area contributed by atoms with Gasteiger partial charge in [0.15, 0.2) is 5.15 Å². The van der Waals surface area contributed by atoms with E-state index in [1.807, 2.05) is 0 Å². The van der Waals surface area contributed by atoms with Crippen molar-refractivity contribution in [2.24, 2.45) is 0 Å². The molecular weight excluding hydrogens is 271 g/mol. The second-order valence-corrected chi connectivity index (χ2v) is 3.20. The van der Waals surface area contributed by atoms with E-state index in [1.54, 1.807) is 0 Å². The highest BCUT2D eigenvalue weighted by atomic mass is 79.9. The third-order valence-electron chi connectivity index (χ3n) is 0.660. The molecule has 0 saturated carbocycles. The first-order valence-corrected chi connectivity index (χ1v) is 4.00. The number of nitrogens with zero attached hydrogens (tertiary/aromatic N) is 2. The van der Waals surface area contributed by atoms with Gasteiger partial charge in [-0.25, -0.2) is 9.97 Å². The fraction of sp³-hybridized carbons (Fsp3) is 0. The van der Waals surface area contributed by atoms with Crippen molar-refractivity contribution >= 4 is 43.5 Å². The highest BCUT2D eigenvalue weighted by Gasteiger charge is 1.97. The molecule has 2 nitrogen and oxygen atoms in total. The van der Waals surface area contributed by atoms with Gasteiger partial charge in [0.2, 0.25) is 0 Å². The molecule has 5 heteroatoms. The monoisotopic (exact) mass is 270 g/mol. The molecule has 0 aliphatic carbocycles. The van der Waals surface area contributed by atoms with Crippen LogP contribution in [-0.4, -0.2) is 9.97 Å². The average molecular weight is 272 g/mol. The molecule has 1 aromatic heterocycles. The molecule has 0 fully saturated rings. The van der Waals surface area contributed by atoms with Crippen LogP contribution in [0.2, 0.25) is 5.15 Å². The number of halogens is 3. The van der Waals surface area contributed by atoms with Gasteiger partial charge in [0, 0.05) is 0 Å². The van der Waals surface area contributed by atoms with Crippen LogP contribution in [0.3, 0.4) is 0 Å². The van der Waals surface area contributed by atoms with Crippen molar-refractivity contribution in [1.29, 1.82) is 0 Å². The molecule has 0 radical (unpaired) electrons. The van der Waals surface area contributed by atoms with E-state index in [9.17, 15) is 0 Å². The summed E-state index contributed by atoms with van der Waals surface area (Å²) in [7, 11) is 0. The normalized spacial score (nSPS) is 9.67. The van der Waals surface area contributed by atoms with Gasteiger partial charge in [-0.15, -0.1) is 0 Å². The quantitative estimate of drug-likeness (QED) is 0.725. The molecule has 9 heavy (non-hydrogen) atoms. The Bertz CT molecular complexity index is 228. The highest BCUT2D eigenvalue weighted by molar-refractivity contribution is 9.11. The summed E-state index contributed by atoms with van der Waals surface area (Å²) in [6.07, 6.45) is 1.53. The zero-order chi connectivity index (χ0) is 6.85. The Morgan fingerprint density at radius 1 is 1.44 bits per heavy atom. The largest absolute Gasteiger partial charge is 0.239 e. The summed E-state index contributed by atoms with van der Waals surface area (Å²) in [6, 6.07) is 0. The van der Waals surface area contributed by atoms with Gasteiger partial charge in [-0.1, -0.05) is 11.6 Å². The first-order valence-electron chi connectivity index (χ1n) is 2.03. The maximum Gasteiger partial charge on any atom is 0.161 e. The highest BCUT2D eigenvalue weighted by Crippen LogP contribution is 2.18. The maximum absolute atomic E-state index is 5.54. The maximum atomic E-state index is 5.54. The number of hydrogen-bond acceptors (Lipinski definition) is 2. The molecule has 0 aliphatic heterocycles. The summed E-state index contributed by atoms with van der Waals surface area (Å²) in [4.78, 5) is 7.70. The molecule has 0 aliphatic rings. The molecule has 1 aromatic rings. The molecule has 1 rings (SSSR count). The molecule has 0 N–H and O–H groups in total. The summed E-state index contributed by atoms with van der Waals surface area (Å²) < 4.78 is 1.22. The van der Waals surface area contributed by atoms with Crippen LogP contribution in [0.15, 0.2) is 15.4 Å². The fourth-order valence-corrected chi connectivity index (χ4v) is 1.23. The fourth-order valence-electron chi connectivity index (χ4n) is 0.332. The van der Waals surface area contributed by atoms with Crippen LogP contribution < -0.4 is 0 Å². The molecule has 0 spiro atoms. The van der Waals surface area contributed by atoms with Crippen molar-refractivity contribution in [3.8, 4) is 0 Å². The zero-order valence-corrected chi connectivity index (χ0v) is 8.03. The lowest BCUT2D eigenvalue weighted by Crippen LogP contribution is -1.81. The summed E-state index contributed by atoms with van der Waals surface area (Å²) in [6.45, 7) is 0. The lowest BCUT2D eigenvalue weighted by molar-refractivity contribution is 1.13. The van der Waals surface area contributed by atoms with E-state index >= 15 is 0 Å². The second kappa shape index (κ2) is 2.94. The molecule has 0 amide bonds. The predicted octanol–water partition coefficient (Wildman–Crippen LogP) is 2.66.